The predicted octanol–water partition coefficient (Wildman–Crippen LogP) is 5.24. The molecule has 0 spiro atoms. The molecule has 0 fully saturated rings. The monoisotopic (exact) mass is 231 g/mol. The van der Waals surface area contributed by atoms with Crippen LogP contribution >= 0.6 is 0 Å². The molecule has 0 amide bonds. The van der Waals surface area contributed by atoms with E-state index in [0.29, 0.717) is 0 Å². The van der Waals surface area contributed by atoms with Crippen molar-refractivity contribution < 1.29 is 0 Å². The molecule has 1 nitrogen and oxygen atoms in total. The van der Waals surface area contributed by atoms with Crippen LogP contribution in [0.1, 0.15) is 46.7 Å². The second-order valence-electron chi connectivity index (χ2n) is 3.25. The lowest BCUT2D eigenvalue weighted by atomic mass is 10.1. The summed E-state index contributed by atoms with van der Waals surface area (Å²) >= 11 is 0. The van der Waals surface area contributed by atoms with Crippen LogP contribution in [-0.4, -0.2) is 4.98 Å². The molecule has 0 saturated heterocycles. The molecular formula is C16H25N. The van der Waals surface area contributed by atoms with Gasteiger partial charge in [0.25, 0.3) is 0 Å². The van der Waals surface area contributed by atoms with Gasteiger partial charge in [0, 0.05) is 11.1 Å². The Morgan fingerprint density at radius 3 is 2.18 bits per heavy atom. The van der Waals surface area contributed by atoms with E-state index in [0.717, 1.165) is 18.4 Å². The van der Waals surface area contributed by atoms with E-state index in [4.69, 9.17) is 0 Å². The summed E-state index contributed by atoms with van der Waals surface area (Å²) in [6.45, 7) is 10.2. The van der Waals surface area contributed by atoms with Gasteiger partial charge in [-0.2, -0.15) is 0 Å². The Kier molecular flexibility index (Phi) is 9.04. The van der Waals surface area contributed by atoms with Crippen molar-refractivity contribution in [1.82, 2.24) is 4.98 Å². The minimum Gasteiger partial charge on any atom is -0.253 e. The molecule has 1 heteroatoms. The summed E-state index contributed by atoms with van der Waals surface area (Å²) in [6, 6.07) is 12.5. The van der Waals surface area contributed by atoms with Crippen LogP contribution in [-0.2, 0) is 6.42 Å². The zero-order chi connectivity index (χ0) is 13.1. The Morgan fingerprint density at radius 1 is 0.882 bits per heavy atom. The number of rotatable bonds is 2. The molecule has 0 aliphatic carbocycles. The molecule has 0 atom stereocenters. The first-order valence-corrected chi connectivity index (χ1v) is 6.75. The van der Waals surface area contributed by atoms with E-state index in [-0.39, 0.29) is 0 Å². The Morgan fingerprint density at radius 2 is 1.53 bits per heavy atom. The van der Waals surface area contributed by atoms with Crippen LogP contribution in [0.15, 0.2) is 36.4 Å². The quantitative estimate of drug-likeness (QED) is 0.688. The fourth-order valence-electron chi connectivity index (χ4n) is 1.50. The first kappa shape index (κ1) is 15.6. The number of hydrogen-bond acceptors (Lipinski definition) is 1. The van der Waals surface area contributed by atoms with Gasteiger partial charge in [0.2, 0.25) is 0 Å². The van der Waals surface area contributed by atoms with Gasteiger partial charge >= 0.3 is 0 Å². The van der Waals surface area contributed by atoms with Crippen molar-refractivity contribution in [3.8, 4) is 0 Å². The van der Waals surface area contributed by atoms with Crippen molar-refractivity contribution >= 4 is 10.9 Å². The number of aromatic nitrogens is 1. The highest BCUT2D eigenvalue weighted by Crippen LogP contribution is 2.12. The molecule has 2 rings (SSSR count). The average Bonchev–Trinajstić information content (AvgIpc) is 2.43. The van der Waals surface area contributed by atoms with Crippen LogP contribution < -0.4 is 0 Å². The second-order valence-corrected chi connectivity index (χ2v) is 3.25. The summed E-state index contributed by atoms with van der Waals surface area (Å²) in [5.41, 5.74) is 2.30. The third kappa shape index (κ3) is 4.99. The lowest BCUT2D eigenvalue weighted by Gasteiger charge is -2.00. The normalized spacial score (nSPS) is 8.76. The molecule has 0 unspecified atom stereocenters. The molecule has 94 valence electrons. The number of aryl methyl sites for hydroxylation is 1. The molecule has 1 aromatic carbocycles. The lowest BCUT2D eigenvalue weighted by Crippen LogP contribution is -1.88. The van der Waals surface area contributed by atoms with Gasteiger partial charge in [-0.1, -0.05) is 65.3 Å². The van der Waals surface area contributed by atoms with Gasteiger partial charge in [0.05, 0.1) is 5.52 Å². The van der Waals surface area contributed by atoms with Gasteiger partial charge in [-0.25, -0.2) is 0 Å². The number of nitrogens with zero attached hydrogens (tertiary/aromatic N) is 1. The summed E-state index contributed by atoms with van der Waals surface area (Å²) in [7, 11) is 0. The molecule has 1 heterocycles. The second kappa shape index (κ2) is 9.83. The topological polar surface area (TPSA) is 12.9 Å². The Balaban J connectivity index is 0.000000581. The first-order chi connectivity index (χ1) is 8.40. The van der Waals surface area contributed by atoms with Crippen molar-refractivity contribution in [2.75, 3.05) is 0 Å². The van der Waals surface area contributed by atoms with Crippen molar-refractivity contribution in [3.63, 3.8) is 0 Å². The van der Waals surface area contributed by atoms with Crippen molar-refractivity contribution in [3.05, 3.63) is 42.1 Å². The van der Waals surface area contributed by atoms with Gasteiger partial charge in [-0.15, -0.1) is 0 Å². The zero-order valence-electron chi connectivity index (χ0n) is 11.8. The van der Waals surface area contributed by atoms with E-state index in [1.165, 1.54) is 11.1 Å². The van der Waals surface area contributed by atoms with Crippen LogP contribution in [0.4, 0.5) is 0 Å². The molecule has 2 aromatic rings. The minimum atomic E-state index is 1.07. The zero-order valence-corrected chi connectivity index (χ0v) is 11.8. The highest BCUT2D eigenvalue weighted by atomic mass is 14.7. The maximum absolute atomic E-state index is 4.56. The van der Waals surface area contributed by atoms with Crippen molar-refractivity contribution in [2.24, 2.45) is 0 Å². The Labute approximate surface area is 106 Å². The summed E-state index contributed by atoms with van der Waals surface area (Å²) in [4.78, 5) is 4.56. The minimum absolute atomic E-state index is 1.07. The maximum atomic E-state index is 4.56. The largest absolute Gasteiger partial charge is 0.253 e. The van der Waals surface area contributed by atoms with Gasteiger partial charge in [0.15, 0.2) is 0 Å². The fraction of sp³-hybridized carbons (Fsp3) is 0.438. The average molecular weight is 231 g/mol. The lowest BCUT2D eigenvalue weighted by molar-refractivity contribution is 0.890. The number of fused-ring (bicyclic) bond motifs is 1. The van der Waals surface area contributed by atoms with Crippen molar-refractivity contribution in [1.29, 1.82) is 0 Å². The Bertz CT molecular complexity index is 407. The summed E-state index contributed by atoms with van der Waals surface area (Å²) in [5.74, 6) is 0. The highest BCUT2D eigenvalue weighted by Gasteiger charge is 1.95. The molecule has 0 bridgehead atoms. The summed E-state index contributed by atoms with van der Waals surface area (Å²) in [5, 5.41) is 1.22. The summed E-state index contributed by atoms with van der Waals surface area (Å²) < 4.78 is 0. The molecule has 0 aliphatic heterocycles. The van der Waals surface area contributed by atoms with Gasteiger partial charge in [0.1, 0.15) is 0 Å². The van der Waals surface area contributed by atoms with Gasteiger partial charge in [-0.05, 0) is 18.6 Å². The van der Waals surface area contributed by atoms with E-state index in [1.54, 1.807) is 0 Å². The third-order valence-corrected chi connectivity index (χ3v) is 2.16. The molecule has 0 N–H and O–H groups in total. The van der Waals surface area contributed by atoms with Crippen molar-refractivity contribution in [2.45, 2.75) is 47.5 Å². The number of pyridine rings is 1. The first-order valence-electron chi connectivity index (χ1n) is 6.75. The van der Waals surface area contributed by atoms with E-state index in [2.05, 4.69) is 36.2 Å². The standard InChI is InChI=1S/C12H13N.2C2H6/c1-2-5-11-9-8-10-6-3-4-7-12(10)13-11;2*1-2/h3-4,6-9H,2,5H2,1H3;2*1-2H3. The number of hydrogen-bond donors (Lipinski definition) is 0. The number of benzene rings is 1. The molecule has 0 aliphatic rings. The highest BCUT2D eigenvalue weighted by molar-refractivity contribution is 5.78. The number of para-hydroxylation sites is 1. The predicted molar refractivity (Wildman–Crippen MR) is 78.4 cm³/mol. The van der Waals surface area contributed by atoms with Gasteiger partial charge in [-0.3, -0.25) is 4.98 Å². The van der Waals surface area contributed by atoms with Crippen LogP contribution in [0.2, 0.25) is 0 Å². The van der Waals surface area contributed by atoms with Gasteiger partial charge < -0.3 is 0 Å². The van der Waals surface area contributed by atoms with E-state index < -0.39 is 0 Å². The third-order valence-electron chi connectivity index (χ3n) is 2.16. The van der Waals surface area contributed by atoms with Crippen LogP contribution in [0.5, 0.6) is 0 Å². The van der Waals surface area contributed by atoms with Crippen LogP contribution in [0.3, 0.4) is 0 Å². The maximum Gasteiger partial charge on any atom is 0.0705 e. The molecule has 0 radical (unpaired) electrons. The SMILES string of the molecule is CC.CC.CCCc1ccc2ccccc2n1. The molecule has 1 aromatic heterocycles. The molecule has 17 heavy (non-hydrogen) atoms. The van der Waals surface area contributed by atoms with E-state index >= 15 is 0 Å². The fourth-order valence-corrected chi connectivity index (χ4v) is 1.50. The van der Waals surface area contributed by atoms with E-state index in [9.17, 15) is 0 Å². The van der Waals surface area contributed by atoms with Crippen LogP contribution in [0, 0.1) is 0 Å². The molecule has 0 saturated carbocycles. The van der Waals surface area contributed by atoms with Crippen LogP contribution in [0.25, 0.3) is 10.9 Å². The van der Waals surface area contributed by atoms with E-state index in [1.807, 2.05) is 39.8 Å². The Hall–Kier alpha value is -1.37. The summed E-state index contributed by atoms with van der Waals surface area (Å²) in [6.07, 6.45) is 2.23. The molecular weight excluding hydrogens is 206 g/mol. The smallest absolute Gasteiger partial charge is 0.0705 e.